The molecule has 0 spiro atoms. The Kier molecular flexibility index (Phi) is 3.43. The Hall–Kier alpha value is -1.75. The summed E-state index contributed by atoms with van der Waals surface area (Å²) in [5.74, 6) is -0.247. The van der Waals surface area contributed by atoms with Crippen molar-refractivity contribution in [2.45, 2.75) is 12.8 Å². The number of rotatable bonds is 5. The van der Waals surface area contributed by atoms with Crippen molar-refractivity contribution < 1.29 is 19.7 Å². The summed E-state index contributed by atoms with van der Waals surface area (Å²) in [7, 11) is 1.43. The number of aromatic hydroxyl groups is 1. The summed E-state index contributed by atoms with van der Waals surface area (Å²) in [6, 6.07) is 4.76. The predicted molar refractivity (Wildman–Crippen MR) is 65.7 cm³/mol. The molecule has 0 bridgehead atoms. The van der Waals surface area contributed by atoms with Gasteiger partial charge in [-0.1, -0.05) is 6.07 Å². The Morgan fingerprint density at radius 2 is 2.22 bits per heavy atom. The zero-order chi connectivity index (χ0) is 13.2. The molecule has 0 atom stereocenters. The number of methoxy groups -OCH3 is 1. The molecular weight excluding hydrogens is 234 g/mol. The van der Waals surface area contributed by atoms with Crippen LogP contribution in [0.2, 0.25) is 0 Å². The monoisotopic (exact) mass is 251 g/mol. The number of amides is 1. The van der Waals surface area contributed by atoms with Gasteiger partial charge >= 0.3 is 0 Å². The van der Waals surface area contributed by atoms with Crippen LogP contribution in [0.25, 0.3) is 0 Å². The lowest BCUT2D eigenvalue weighted by atomic mass is 10.1. The molecule has 1 aliphatic rings. The minimum absolute atomic E-state index is 0.0807. The van der Waals surface area contributed by atoms with Gasteiger partial charge in [0.2, 0.25) is 0 Å². The number of carbonyl (C=O) groups excluding carboxylic acids is 1. The second-order valence-corrected chi connectivity index (χ2v) is 4.70. The van der Waals surface area contributed by atoms with Gasteiger partial charge in [0.1, 0.15) is 0 Å². The van der Waals surface area contributed by atoms with Gasteiger partial charge in [-0.3, -0.25) is 4.79 Å². The Bertz CT molecular complexity index is 454. The van der Waals surface area contributed by atoms with Crippen LogP contribution in [0.3, 0.4) is 0 Å². The van der Waals surface area contributed by atoms with Crippen LogP contribution >= 0.6 is 0 Å². The molecular formula is C13H17NO4. The Morgan fingerprint density at radius 3 is 2.78 bits per heavy atom. The minimum Gasteiger partial charge on any atom is -0.504 e. The number of nitrogens with one attached hydrogen (secondary N) is 1. The highest BCUT2D eigenvalue weighted by Crippen LogP contribution is 2.44. The van der Waals surface area contributed by atoms with Crippen molar-refractivity contribution in [3.05, 3.63) is 23.8 Å². The number of benzene rings is 1. The van der Waals surface area contributed by atoms with Crippen LogP contribution in [0.5, 0.6) is 11.5 Å². The zero-order valence-electron chi connectivity index (χ0n) is 10.3. The average Bonchev–Trinajstić information content (AvgIpc) is 3.17. The van der Waals surface area contributed by atoms with E-state index in [1.54, 1.807) is 12.1 Å². The standard InChI is InChI=1S/C13H17NO4/c1-18-10-4-2-3-9(11(10)16)12(17)14-7-13(8-15)5-6-13/h2-4,15-16H,5-8H2,1H3,(H,14,17). The predicted octanol–water partition coefficient (Wildman–Crippen LogP) is 0.903. The van der Waals surface area contributed by atoms with Crippen LogP contribution in [0, 0.1) is 5.41 Å². The van der Waals surface area contributed by atoms with E-state index in [9.17, 15) is 9.90 Å². The molecule has 1 aromatic carbocycles. The molecule has 1 saturated carbocycles. The minimum atomic E-state index is -0.355. The highest BCUT2D eigenvalue weighted by Gasteiger charge is 2.42. The SMILES string of the molecule is COc1cccc(C(=O)NCC2(CO)CC2)c1O. The number of hydrogen-bond donors (Lipinski definition) is 3. The highest BCUT2D eigenvalue weighted by molar-refractivity contribution is 5.97. The number of aliphatic hydroxyl groups excluding tert-OH is 1. The molecule has 0 unspecified atom stereocenters. The molecule has 0 aromatic heterocycles. The Balaban J connectivity index is 2.05. The molecule has 0 saturated heterocycles. The maximum Gasteiger partial charge on any atom is 0.255 e. The lowest BCUT2D eigenvalue weighted by Crippen LogP contribution is -2.31. The molecule has 0 aliphatic heterocycles. The Morgan fingerprint density at radius 1 is 1.50 bits per heavy atom. The van der Waals surface area contributed by atoms with Crippen LogP contribution < -0.4 is 10.1 Å². The van der Waals surface area contributed by atoms with Gasteiger partial charge in [0.05, 0.1) is 19.3 Å². The number of aliphatic hydroxyl groups is 1. The van der Waals surface area contributed by atoms with E-state index in [-0.39, 0.29) is 35.0 Å². The van der Waals surface area contributed by atoms with E-state index in [0.29, 0.717) is 6.54 Å². The fourth-order valence-corrected chi connectivity index (χ4v) is 1.80. The van der Waals surface area contributed by atoms with Gasteiger partial charge in [0, 0.05) is 12.0 Å². The van der Waals surface area contributed by atoms with Gasteiger partial charge in [-0.2, -0.15) is 0 Å². The summed E-state index contributed by atoms with van der Waals surface area (Å²) in [6.45, 7) is 0.510. The topological polar surface area (TPSA) is 78.8 Å². The maximum atomic E-state index is 11.9. The summed E-state index contributed by atoms with van der Waals surface area (Å²) in [5, 5.41) is 21.7. The molecule has 1 aromatic rings. The molecule has 5 heteroatoms. The first-order valence-electron chi connectivity index (χ1n) is 5.87. The Labute approximate surface area is 105 Å². The second-order valence-electron chi connectivity index (χ2n) is 4.70. The highest BCUT2D eigenvalue weighted by atomic mass is 16.5. The number of phenols is 1. The van der Waals surface area contributed by atoms with Crippen LogP contribution in [-0.2, 0) is 0 Å². The van der Waals surface area contributed by atoms with Crippen molar-refractivity contribution in [3.63, 3.8) is 0 Å². The van der Waals surface area contributed by atoms with E-state index in [0.717, 1.165) is 12.8 Å². The molecule has 1 aliphatic carbocycles. The van der Waals surface area contributed by atoms with E-state index >= 15 is 0 Å². The molecule has 3 N–H and O–H groups in total. The lowest BCUT2D eigenvalue weighted by Gasteiger charge is -2.14. The number of para-hydroxylation sites is 1. The molecule has 18 heavy (non-hydrogen) atoms. The number of ether oxygens (including phenoxy) is 1. The quantitative estimate of drug-likeness (QED) is 0.726. The van der Waals surface area contributed by atoms with Crippen molar-refractivity contribution in [2.24, 2.45) is 5.41 Å². The van der Waals surface area contributed by atoms with Crippen LogP contribution in [0.4, 0.5) is 0 Å². The third kappa shape index (κ3) is 2.41. The normalized spacial score (nSPS) is 16.1. The van der Waals surface area contributed by atoms with E-state index in [4.69, 9.17) is 9.84 Å². The molecule has 5 nitrogen and oxygen atoms in total. The molecule has 98 valence electrons. The van der Waals surface area contributed by atoms with Gasteiger partial charge in [-0.25, -0.2) is 0 Å². The molecule has 1 amide bonds. The van der Waals surface area contributed by atoms with Crippen molar-refractivity contribution in [3.8, 4) is 11.5 Å². The summed E-state index contributed by atoms with van der Waals surface area (Å²) in [5.41, 5.74) is 0.0348. The smallest absolute Gasteiger partial charge is 0.255 e. The first-order chi connectivity index (χ1) is 8.62. The number of hydrogen-bond acceptors (Lipinski definition) is 4. The second kappa shape index (κ2) is 4.86. The molecule has 1 fully saturated rings. The third-order valence-corrected chi connectivity index (χ3v) is 3.38. The molecule has 2 rings (SSSR count). The van der Waals surface area contributed by atoms with Crippen LogP contribution in [0.1, 0.15) is 23.2 Å². The largest absolute Gasteiger partial charge is 0.504 e. The summed E-state index contributed by atoms with van der Waals surface area (Å²) in [4.78, 5) is 11.9. The van der Waals surface area contributed by atoms with Crippen LogP contribution in [0.15, 0.2) is 18.2 Å². The number of phenolic OH excluding ortho intramolecular Hbond substituents is 1. The third-order valence-electron chi connectivity index (χ3n) is 3.38. The summed E-state index contributed by atoms with van der Waals surface area (Å²) < 4.78 is 4.94. The fourth-order valence-electron chi connectivity index (χ4n) is 1.80. The van der Waals surface area contributed by atoms with E-state index in [1.807, 2.05) is 0 Å². The van der Waals surface area contributed by atoms with Gasteiger partial charge in [-0.15, -0.1) is 0 Å². The van der Waals surface area contributed by atoms with Gasteiger partial charge in [0.25, 0.3) is 5.91 Å². The first kappa shape index (κ1) is 12.7. The lowest BCUT2D eigenvalue weighted by molar-refractivity contribution is 0.0932. The van der Waals surface area contributed by atoms with Crippen LogP contribution in [-0.4, -0.2) is 36.4 Å². The number of carbonyl (C=O) groups is 1. The van der Waals surface area contributed by atoms with E-state index < -0.39 is 0 Å². The molecule has 0 radical (unpaired) electrons. The van der Waals surface area contributed by atoms with E-state index in [1.165, 1.54) is 13.2 Å². The summed E-state index contributed by atoms with van der Waals surface area (Å²) >= 11 is 0. The summed E-state index contributed by atoms with van der Waals surface area (Å²) in [6.07, 6.45) is 1.85. The van der Waals surface area contributed by atoms with Crippen molar-refractivity contribution in [2.75, 3.05) is 20.3 Å². The van der Waals surface area contributed by atoms with Crippen molar-refractivity contribution >= 4 is 5.91 Å². The maximum absolute atomic E-state index is 11.9. The zero-order valence-corrected chi connectivity index (χ0v) is 10.3. The fraction of sp³-hybridized carbons (Fsp3) is 0.462. The van der Waals surface area contributed by atoms with Crippen molar-refractivity contribution in [1.29, 1.82) is 0 Å². The molecule has 0 heterocycles. The van der Waals surface area contributed by atoms with E-state index in [2.05, 4.69) is 5.32 Å². The van der Waals surface area contributed by atoms with Gasteiger partial charge < -0.3 is 20.3 Å². The first-order valence-corrected chi connectivity index (χ1v) is 5.87. The van der Waals surface area contributed by atoms with Gasteiger partial charge in [-0.05, 0) is 25.0 Å². The van der Waals surface area contributed by atoms with Crippen molar-refractivity contribution in [1.82, 2.24) is 5.32 Å². The average molecular weight is 251 g/mol. The van der Waals surface area contributed by atoms with Gasteiger partial charge in [0.15, 0.2) is 11.5 Å².